The van der Waals surface area contributed by atoms with Crippen molar-refractivity contribution >= 4 is 23.2 Å². The normalized spacial score (nSPS) is 10.4. The maximum Gasteiger partial charge on any atom is 0.123 e. The molecule has 0 radical (unpaired) electrons. The average molecular weight is 248 g/mol. The molecule has 1 aromatic carbocycles. The summed E-state index contributed by atoms with van der Waals surface area (Å²) in [4.78, 5) is 0. The fourth-order valence-corrected chi connectivity index (χ4v) is 1.63. The summed E-state index contributed by atoms with van der Waals surface area (Å²) in [6.07, 6.45) is 0. The molecule has 1 rings (SSSR count). The number of methoxy groups -OCH3 is 1. The molecule has 0 fully saturated rings. The zero-order valence-corrected chi connectivity index (χ0v) is 10.5. The third-order valence-electron chi connectivity index (χ3n) is 2.15. The van der Waals surface area contributed by atoms with E-state index in [0.717, 1.165) is 35.0 Å². The van der Waals surface area contributed by atoms with Crippen molar-refractivity contribution in [3.63, 3.8) is 0 Å². The minimum Gasteiger partial charge on any atom is -0.496 e. The number of benzene rings is 1. The van der Waals surface area contributed by atoms with E-state index in [0.29, 0.717) is 5.88 Å². The minimum atomic E-state index is 0.599. The zero-order chi connectivity index (χ0) is 11.3. The van der Waals surface area contributed by atoms with Crippen molar-refractivity contribution in [3.05, 3.63) is 28.3 Å². The van der Waals surface area contributed by atoms with E-state index in [9.17, 15) is 0 Å². The monoisotopic (exact) mass is 247 g/mol. The highest BCUT2D eigenvalue weighted by molar-refractivity contribution is 6.31. The van der Waals surface area contributed by atoms with Gasteiger partial charge >= 0.3 is 0 Å². The molecule has 0 aromatic heterocycles. The van der Waals surface area contributed by atoms with Gasteiger partial charge in [-0.2, -0.15) is 0 Å². The molecule has 0 aliphatic rings. The summed E-state index contributed by atoms with van der Waals surface area (Å²) < 4.78 is 5.28. The standard InChI is InChI=1S/C11H15Cl2NO/c1-8-5-11(15-2)9(6-10(8)13)7-14-4-3-12/h5-6,14H,3-4,7H2,1-2H3. The lowest BCUT2D eigenvalue weighted by molar-refractivity contribution is 0.407. The summed E-state index contributed by atoms with van der Waals surface area (Å²) in [6, 6.07) is 3.87. The summed E-state index contributed by atoms with van der Waals surface area (Å²) >= 11 is 11.6. The average Bonchev–Trinajstić information content (AvgIpc) is 2.23. The first-order valence-corrected chi connectivity index (χ1v) is 5.70. The number of alkyl halides is 1. The molecule has 0 atom stereocenters. The molecule has 84 valence electrons. The van der Waals surface area contributed by atoms with Crippen molar-refractivity contribution in [3.8, 4) is 5.75 Å². The maximum absolute atomic E-state index is 6.05. The first-order chi connectivity index (χ1) is 7.19. The molecule has 0 saturated heterocycles. The van der Waals surface area contributed by atoms with Crippen LogP contribution in [0.5, 0.6) is 5.75 Å². The molecule has 0 aliphatic carbocycles. The number of rotatable bonds is 5. The van der Waals surface area contributed by atoms with Crippen LogP contribution in [-0.2, 0) is 6.54 Å². The molecule has 0 aliphatic heterocycles. The molecule has 0 bridgehead atoms. The Hall–Kier alpha value is -0.440. The molecule has 0 amide bonds. The second kappa shape index (κ2) is 6.21. The lowest BCUT2D eigenvalue weighted by Crippen LogP contribution is -2.16. The highest BCUT2D eigenvalue weighted by Crippen LogP contribution is 2.26. The molecule has 2 nitrogen and oxygen atoms in total. The summed E-state index contributed by atoms with van der Waals surface area (Å²) in [5.74, 6) is 1.46. The first-order valence-electron chi connectivity index (χ1n) is 4.78. The van der Waals surface area contributed by atoms with Gasteiger partial charge in [-0.25, -0.2) is 0 Å². The van der Waals surface area contributed by atoms with Gasteiger partial charge in [0, 0.05) is 29.6 Å². The van der Waals surface area contributed by atoms with Crippen molar-refractivity contribution in [2.24, 2.45) is 0 Å². The highest BCUT2D eigenvalue weighted by atomic mass is 35.5. The Kier molecular flexibility index (Phi) is 5.23. The molecule has 0 unspecified atom stereocenters. The lowest BCUT2D eigenvalue weighted by Gasteiger charge is -2.11. The van der Waals surface area contributed by atoms with Gasteiger partial charge in [0.1, 0.15) is 5.75 Å². The van der Waals surface area contributed by atoms with Crippen molar-refractivity contribution in [2.45, 2.75) is 13.5 Å². The predicted octanol–water partition coefficient (Wildman–Crippen LogP) is 2.99. The largest absolute Gasteiger partial charge is 0.496 e. The Morgan fingerprint density at radius 2 is 2.13 bits per heavy atom. The van der Waals surface area contributed by atoms with Crippen LogP contribution in [0.1, 0.15) is 11.1 Å². The van der Waals surface area contributed by atoms with Crippen LogP contribution >= 0.6 is 23.2 Å². The topological polar surface area (TPSA) is 21.3 Å². The van der Waals surface area contributed by atoms with Crippen LogP contribution in [0.2, 0.25) is 5.02 Å². The van der Waals surface area contributed by atoms with Crippen molar-refractivity contribution < 1.29 is 4.74 Å². The van der Waals surface area contributed by atoms with E-state index in [4.69, 9.17) is 27.9 Å². The van der Waals surface area contributed by atoms with E-state index in [1.807, 2.05) is 19.1 Å². The van der Waals surface area contributed by atoms with Gasteiger partial charge < -0.3 is 10.1 Å². The third-order valence-corrected chi connectivity index (χ3v) is 2.74. The lowest BCUT2D eigenvalue weighted by atomic mass is 10.1. The predicted molar refractivity (Wildman–Crippen MR) is 65.2 cm³/mol. The molecule has 15 heavy (non-hydrogen) atoms. The minimum absolute atomic E-state index is 0.599. The van der Waals surface area contributed by atoms with E-state index in [2.05, 4.69) is 5.32 Å². The zero-order valence-electron chi connectivity index (χ0n) is 8.94. The van der Waals surface area contributed by atoms with Gasteiger partial charge in [-0.05, 0) is 24.6 Å². The first kappa shape index (κ1) is 12.6. The number of aryl methyl sites for hydroxylation is 1. The molecular weight excluding hydrogens is 233 g/mol. The summed E-state index contributed by atoms with van der Waals surface area (Å²) in [6.45, 7) is 3.45. The van der Waals surface area contributed by atoms with E-state index < -0.39 is 0 Å². The van der Waals surface area contributed by atoms with Gasteiger partial charge in [0.2, 0.25) is 0 Å². The maximum atomic E-state index is 6.05. The quantitative estimate of drug-likeness (QED) is 0.639. The Balaban J connectivity index is 2.80. The number of halogens is 2. The smallest absolute Gasteiger partial charge is 0.123 e. The van der Waals surface area contributed by atoms with Gasteiger partial charge in [0.05, 0.1) is 7.11 Å². The van der Waals surface area contributed by atoms with Crippen molar-refractivity contribution in [1.29, 1.82) is 0 Å². The molecule has 4 heteroatoms. The second-order valence-electron chi connectivity index (χ2n) is 3.28. The van der Waals surface area contributed by atoms with Gasteiger partial charge in [-0.15, -0.1) is 11.6 Å². The fraction of sp³-hybridized carbons (Fsp3) is 0.455. The highest BCUT2D eigenvalue weighted by Gasteiger charge is 2.06. The Labute approximate surface area is 101 Å². The van der Waals surface area contributed by atoms with Crippen LogP contribution in [0.25, 0.3) is 0 Å². The van der Waals surface area contributed by atoms with Gasteiger partial charge in [0.15, 0.2) is 0 Å². The van der Waals surface area contributed by atoms with E-state index >= 15 is 0 Å². The molecule has 1 N–H and O–H groups in total. The fourth-order valence-electron chi connectivity index (χ4n) is 1.31. The molecule has 0 spiro atoms. The number of nitrogens with one attached hydrogen (secondary N) is 1. The Morgan fingerprint density at radius 3 is 2.73 bits per heavy atom. The number of hydrogen-bond donors (Lipinski definition) is 1. The van der Waals surface area contributed by atoms with Crippen LogP contribution in [0, 0.1) is 6.92 Å². The number of hydrogen-bond acceptors (Lipinski definition) is 2. The SMILES string of the molecule is COc1cc(C)c(Cl)cc1CNCCCl. The van der Waals surface area contributed by atoms with Crippen LogP contribution in [0.4, 0.5) is 0 Å². The number of ether oxygens (including phenoxy) is 1. The van der Waals surface area contributed by atoms with Crippen molar-refractivity contribution in [1.82, 2.24) is 5.32 Å². The Bertz CT molecular complexity index is 329. The van der Waals surface area contributed by atoms with E-state index in [1.54, 1.807) is 7.11 Å². The van der Waals surface area contributed by atoms with Gasteiger partial charge in [0.25, 0.3) is 0 Å². The van der Waals surface area contributed by atoms with E-state index in [1.165, 1.54) is 0 Å². The van der Waals surface area contributed by atoms with Gasteiger partial charge in [-0.1, -0.05) is 11.6 Å². The molecule has 0 saturated carbocycles. The van der Waals surface area contributed by atoms with Crippen LogP contribution in [-0.4, -0.2) is 19.5 Å². The molecule has 0 heterocycles. The summed E-state index contributed by atoms with van der Waals surface area (Å²) in [5, 5.41) is 3.96. The third kappa shape index (κ3) is 3.56. The second-order valence-corrected chi connectivity index (χ2v) is 4.06. The Morgan fingerprint density at radius 1 is 1.40 bits per heavy atom. The summed E-state index contributed by atoms with van der Waals surface area (Å²) in [7, 11) is 1.66. The van der Waals surface area contributed by atoms with Crippen LogP contribution < -0.4 is 10.1 Å². The summed E-state index contributed by atoms with van der Waals surface area (Å²) in [5.41, 5.74) is 2.08. The molecular formula is C11H15Cl2NO. The van der Waals surface area contributed by atoms with E-state index in [-0.39, 0.29) is 0 Å². The van der Waals surface area contributed by atoms with Crippen LogP contribution in [0.3, 0.4) is 0 Å². The van der Waals surface area contributed by atoms with Crippen LogP contribution in [0.15, 0.2) is 12.1 Å². The van der Waals surface area contributed by atoms with Gasteiger partial charge in [-0.3, -0.25) is 0 Å². The van der Waals surface area contributed by atoms with Crippen molar-refractivity contribution in [2.75, 3.05) is 19.5 Å². The molecule has 1 aromatic rings.